The summed E-state index contributed by atoms with van der Waals surface area (Å²) in [4.78, 5) is 29.0. The Hall–Kier alpha value is -5.50. The Morgan fingerprint density at radius 2 is 0.684 bits per heavy atom. The zero-order valence-corrected chi connectivity index (χ0v) is 20.3. The van der Waals surface area contributed by atoms with Gasteiger partial charge in [-0.15, -0.1) is 0 Å². The van der Waals surface area contributed by atoms with E-state index in [0.717, 1.165) is 33.9 Å². The quantitative estimate of drug-likeness (QED) is 0.243. The maximum Gasteiger partial charge on any atom is 0.240 e. The molecule has 2 aromatic heterocycles. The number of rotatable bonds is 7. The minimum atomic E-state index is 0.421. The molecular weight excluding hydrogens is 472 g/mol. The molecule has 0 aliphatic carbocycles. The molecule has 0 radical (unpaired) electrons. The van der Waals surface area contributed by atoms with Crippen LogP contribution < -0.4 is 9.80 Å². The Bertz CT molecular complexity index is 1380. The molecule has 6 aromatic rings. The highest BCUT2D eigenvalue weighted by atomic mass is 15.3. The summed E-state index contributed by atoms with van der Waals surface area (Å²) < 4.78 is 0. The average Bonchev–Trinajstić information content (AvgIpc) is 3.00. The Kier molecular flexibility index (Phi) is 6.42. The summed E-state index contributed by atoms with van der Waals surface area (Å²) in [5.74, 6) is 0.843. The molecule has 38 heavy (non-hydrogen) atoms. The molecule has 4 aromatic carbocycles. The molecule has 6 rings (SSSR count). The maximum atomic E-state index is 4.29. The Morgan fingerprint density at radius 1 is 0.342 bits per heavy atom. The summed E-state index contributed by atoms with van der Waals surface area (Å²) >= 11 is 0. The number of para-hydroxylation sites is 2. The minimum absolute atomic E-state index is 0.421. The number of hydrogen-bond donors (Lipinski definition) is 0. The largest absolute Gasteiger partial charge is 0.311 e. The van der Waals surface area contributed by atoms with Crippen LogP contribution in [0, 0.1) is 0 Å². The van der Waals surface area contributed by atoms with Crippen molar-refractivity contribution in [1.82, 2.24) is 29.9 Å². The van der Waals surface area contributed by atoms with Crippen LogP contribution in [0.4, 0.5) is 34.6 Å². The highest BCUT2D eigenvalue weighted by molar-refractivity contribution is 5.79. The van der Waals surface area contributed by atoms with Crippen molar-refractivity contribution in [3.05, 3.63) is 135 Å². The summed E-state index contributed by atoms with van der Waals surface area (Å²) in [6.45, 7) is 0. The van der Waals surface area contributed by atoms with Crippen LogP contribution in [0.1, 0.15) is 0 Å². The first kappa shape index (κ1) is 22.9. The molecule has 8 nitrogen and oxygen atoms in total. The van der Waals surface area contributed by atoms with Crippen molar-refractivity contribution in [2.24, 2.45) is 0 Å². The Labute approximate surface area is 220 Å². The van der Waals surface area contributed by atoms with Gasteiger partial charge in [0.25, 0.3) is 0 Å². The lowest BCUT2D eigenvalue weighted by molar-refractivity contribution is 0.948. The lowest BCUT2D eigenvalue weighted by Gasteiger charge is -2.25. The van der Waals surface area contributed by atoms with Gasteiger partial charge in [0, 0.05) is 17.1 Å². The van der Waals surface area contributed by atoms with E-state index >= 15 is 0 Å². The number of hydrogen-bond acceptors (Lipinski definition) is 8. The van der Waals surface area contributed by atoms with Gasteiger partial charge in [0.15, 0.2) is 0 Å². The van der Waals surface area contributed by atoms with Crippen molar-refractivity contribution in [3.63, 3.8) is 0 Å². The summed E-state index contributed by atoms with van der Waals surface area (Å²) in [6, 6.07) is 37.4. The highest BCUT2D eigenvalue weighted by Gasteiger charge is 2.18. The molecule has 0 N–H and O–H groups in total. The van der Waals surface area contributed by atoms with E-state index in [9.17, 15) is 0 Å². The molecule has 0 spiro atoms. The fourth-order valence-corrected chi connectivity index (χ4v) is 4.22. The second-order valence-electron chi connectivity index (χ2n) is 8.31. The number of benzene rings is 4. The SMILES string of the molecule is c1ccc(N(c2ccccc2)c2ccc(-c3ccc(N(c4ncncn4)c4ncncn4)cc3)cc2)cc1. The molecule has 0 atom stereocenters. The predicted molar refractivity (Wildman–Crippen MR) is 148 cm³/mol. The van der Waals surface area contributed by atoms with Gasteiger partial charge >= 0.3 is 0 Å². The molecule has 8 heteroatoms. The van der Waals surface area contributed by atoms with Crippen LogP contribution in [0.25, 0.3) is 11.1 Å². The normalized spacial score (nSPS) is 10.6. The van der Waals surface area contributed by atoms with E-state index < -0.39 is 0 Å². The summed E-state index contributed by atoms with van der Waals surface area (Å²) in [5.41, 5.74) is 6.30. The van der Waals surface area contributed by atoms with Crippen LogP contribution in [0.2, 0.25) is 0 Å². The molecule has 0 saturated carbocycles. The fourth-order valence-electron chi connectivity index (χ4n) is 4.22. The zero-order valence-electron chi connectivity index (χ0n) is 20.3. The molecule has 0 bridgehead atoms. The smallest absolute Gasteiger partial charge is 0.240 e. The molecule has 0 saturated heterocycles. The molecule has 0 fully saturated rings. The van der Waals surface area contributed by atoms with Crippen LogP contribution in [-0.4, -0.2) is 29.9 Å². The first-order chi connectivity index (χ1) is 18.9. The van der Waals surface area contributed by atoms with E-state index in [1.54, 1.807) is 4.90 Å². The average molecular weight is 495 g/mol. The van der Waals surface area contributed by atoms with Gasteiger partial charge in [-0.25, -0.2) is 34.8 Å². The van der Waals surface area contributed by atoms with Crippen LogP contribution in [0.3, 0.4) is 0 Å². The Balaban J connectivity index is 1.31. The Morgan fingerprint density at radius 3 is 1.08 bits per heavy atom. The summed E-state index contributed by atoms with van der Waals surface area (Å²) in [7, 11) is 0. The van der Waals surface area contributed by atoms with Gasteiger partial charge in [-0.3, -0.25) is 0 Å². The topological polar surface area (TPSA) is 83.8 Å². The van der Waals surface area contributed by atoms with Gasteiger partial charge in [0.1, 0.15) is 25.3 Å². The van der Waals surface area contributed by atoms with E-state index in [4.69, 9.17) is 0 Å². The molecule has 182 valence electrons. The number of nitrogens with zero attached hydrogens (tertiary/aromatic N) is 8. The predicted octanol–water partition coefficient (Wildman–Crippen LogP) is 6.66. The van der Waals surface area contributed by atoms with Gasteiger partial charge in [-0.2, -0.15) is 0 Å². The lowest BCUT2D eigenvalue weighted by atomic mass is 10.0. The van der Waals surface area contributed by atoms with Gasteiger partial charge in [-0.1, -0.05) is 60.7 Å². The lowest BCUT2D eigenvalue weighted by Crippen LogP contribution is -2.16. The van der Waals surface area contributed by atoms with Crippen LogP contribution in [0.5, 0.6) is 0 Å². The van der Waals surface area contributed by atoms with Crippen LogP contribution in [0.15, 0.2) is 135 Å². The van der Waals surface area contributed by atoms with Crippen molar-refractivity contribution in [3.8, 4) is 11.1 Å². The second-order valence-corrected chi connectivity index (χ2v) is 8.31. The molecular formula is C30H22N8. The molecule has 0 aliphatic rings. The maximum absolute atomic E-state index is 4.29. The standard InChI is InChI=1S/C30H22N8/c1-3-7-25(8-4-1)37(26-9-5-2-6-10-26)27-15-11-23(12-16-27)24-13-17-28(18-14-24)38(29-33-19-31-20-34-29)30-35-21-32-22-36-30/h1-22H. The summed E-state index contributed by atoms with van der Waals surface area (Å²) in [5, 5.41) is 0. The molecule has 0 amide bonds. The molecule has 0 aliphatic heterocycles. The zero-order chi connectivity index (χ0) is 25.6. The first-order valence-electron chi connectivity index (χ1n) is 12.0. The minimum Gasteiger partial charge on any atom is -0.311 e. The third kappa shape index (κ3) is 4.78. The second kappa shape index (κ2) is 10.6. The van der Waals surface area contributed by atoms with E-state index in [0.29, 0.717) is 11.9 Å². The van der Waals surface area contributed by atoms with Gasteiger partial charge in [0.2, 0.25) is 11.9 Å². The third-order valence-corrected chi connectivity index (χ3v) is 5.97. The first-order valence-corrected chi connectivity index (χ1v) is 12.0. The third-order valence-electron chi connectivity index (χ3n) is 5.97. The number of aromatic nitrogens is 6. The van der Waals surface area contributed by atoms with Crippen molar-refractivity contribution in [2.75, 3.05) is 9.80 Å². The van der Waals surface area contributed by atoms with E-state index in [1.165, 1.54) is 25.3 Å². The van der Waals surface area contributed by atoms with Gasteiger partial charge < -0.3 is 4.90 Å². The summed E-state index contributed by atoms with van der Waals surface area (Å²) in [6.07, 6.45) is 5.78. The van der Waals surface area contributed by atoms with E-state index in [-0.39, 0.29) is 0 Å². The number of anilines is 6. The highest BCUT2D eigenvalue weighted by Crippen LogP contribution is 2.36. The van der Waals surface area contributed by atoms with Crippen LogP contribution >= 0.6 is 0 Å². The van der Waals surface area contributed by atoms with Crippen molar-refractivity contribution in [1.29, 1.82) is 0 Å². The monoisotopic (exact) mass is 494 g/mol. The fraction of sp³-hybridized carbons (Fsp3) is 0. The van der Waals surface area contributed by atoms with Gasteiger partial charge in [-0.05, 0) is 59.7 Å². The molecule has 0 unspecified atom stereocenters. The van der Waals surface area contributed by atoms with E-state index in [1.807, 2.05) is 24.3 Å². The molecule has 2 heterocycles. The van der Waals surface area contributed by atoms with Crippen molar-refractivity contribution >= 4 is 34.6 Å². The van der Waals surface area contributed by atoms with Crippen molar-refractivity contribution in [2.45, 2.75) is 0 Å². The van der Waals surface area contributed by atoms with Crippen molar-refractivity contribution < 1.29 is 0 Å². The van der Waals surface area contributed by atoms with Crippen LogP contribution in [-0.2, 0) is 0 Å². The van der Waals surface area contributed by atoms with E-state index in [2.05, 4.69) is 120 Å². The van der Waals surface area contributed by atoms with Gasteiger partial charge in [0.05, 0.1) is 5.69 Å².